The van der Waals surface area contributed by atoms with Crippen LogP contribution in [0.15, 0.2) is 42.5 Å². The van der Waals surface area contributed by atoms with Crippen LogP contribution in [0.4, 0.5) is 10.8 Å². The van der Waals surface area contributed by atoms with E-state index in [2.05, 4.69) is 15.9 Å². The molecule has 0 spiro atoms. The van der Waals surface area contributed by atoms with Crippen LogP contribution in [0.25, 0.3) is 10.2 Å². The molecular weight excluding hydrogens is 416 g/mol. The van der Waals surface area contributed by atoms with E-state index in [9.17, 15) is 9.59 Å². The zero-order valence-corrected chi connectivity index (χ0v) is 17.5. The molecule has 3 aliphatic heterocycles. The van der Waals surface area contributed by atoms with E-state index in [-0.39, 0.29) is 25.0 Å². The van der Waals surface area contributed by atoms with Gasteiger partial charge in [-0.25, -0.2) is 9.88 Å². The summed E-state index contributed by atoms with van der Waals surface area (Å²) in [4.78, 5) is 36.3. The van der Waals surface area contributed by atoms with E-state index in [0.717, 1.165) is 23.7 Å². The summed E-state index contributed by atoms with van der Waals surface area (Å²) in [5, 5.41) is 1.01. The van der Waals surface area contributed by atoms with Crippen LogP contribution in [-0.2, 0) is 9.59 Å². The third kappa shape index (κ3) is 3.12. The van der Waals surface area contributed by atoms with Gasteiger partial charge in [-0.15, -0.1) is 0 Å². The molecule has 2 saturated heterocycles. The molecule has 3 aliphatic rings. The average molecular weight is 436 g/mol. The molecule has 0 aliphatic carbocycles. The van der Waals surface area contributed by atoms with Gasteiger partial charge in [-0.1, -0.05) is 23.5 Å². The number of nitrogens with zero attached hydrogens (tertiary/aromatic N) is 4. The van der Waals surface area contributed by atoms with Crippen LogP contribution in [0, 0.1) is 0 Å². The predicted molar refractivity (Wildman–Crippen MR) is 117 cm³/mol. The van der Waals surface area contributed by atoms with E-state index in [4.69, 9.17) is 14.5 Å². The van der Waals surface area contributed by atoms with E-state index >= 15 is 0 Å². The fourth-order valence-electron chi connectivity index (χ4n) is 4.42. The molecule has 1 aromatic heterocycles. The van der Waals surface area contributed by atoms with E-state index in [1.54, 1.807) is 29.5 Å². The summed E-state index contributed by atoms with van der Waals surface area (Å²) >= 11 is 1.69. The summed E-state index contributed by atoms with van der Waals surface area (Å²) in [6.07, 6.45) is 0.203. The maximum atomic E-state index is 13.2. The van der Waals surface area contributed by atoms with Crippen molar-refractivity contribution in [1.82, 2.24) is 9.88 Å². The Bertz CT molecular complexity index is 1150. The highest BCUT2D eigenvalue weighted by atomic mass is 32.1. The van der Waals surface area contributed by atoms with Crippen molar-refractivity contribution in [2.24, 2.45) is 0 Å². The Labute approximate surface area is 182 Å². The third-order valence-corrected chi connectivity index (χ3v) is 7.14. The number of hydrogen-bond acceptors (Lipinski definition) is 8. The molecule has 0 saturated carbocycles. The van der Waals surface area contributed by atoms with Crippen LogP contribution in [0.2, 0.25) is 0 Å². The summed E-state index contributed by atoms with van der Waals surface area (Å²) in [5.74, 6) is 0.844. The molecule has 6 rings (SSSR count). The Morgan fingerprint density at radius 1 is 0.968 bits per heavy atom. The summed E-state index contributed by atoms with van der Waals surface area (Å²) in [6.45, 7) is 3.15. The van der Waals surface area contributed by atoms with Crippen molar-refractivity contribution < 1.29 is 19.1 Å². The lowest BCUT2D eigenvalue weighted by molar-refractivity contribution is -0.123. The van der Waals surface area contributed by atoms with Gasteiger partial charge in [0.15, 0.2) is 16.6 Å². The van der Waals surface area contributed by atoms with Crippen LogP contribution >= 0.6 is 11.3 Å². The Morgan fingerprint density at radius 3 is 2.61 bits per heavy atom. The Balaban J connectivity index is 1.16. The molecule has 1 unspecified atom stereocenters. The SMILES string of the molecule is O=C1CC(N2CCN(c3nc4ccccc4s3)CC2)C(=O)N1c1ccc2c(c1)OCO2. The number of aromatic nitrogens is 1. The molecule has 1 atom stereocenters. The standard InChI is InChI=1S/C22H20N4O4S/c27-20-12-16(21(28)26(20)14-5-6-17-18(11-14)30-13-29-17)24-7-9-25(10-8-24)22-23-15-3-1-2-4-19(15)31-22/h1-6,11,16H,7-10,12-13H2. The fourth-order valence-corrected chi connectivity index (χ4v) is 5.43. The number of benzene rings is 2. The van der Waals surface area contributed by atoms with Crippen molar-refractivity contribution >= 4 is 44.2 Å². The number of anilines is 2. The van der Waals surface area contributed by atoms with Gasteiger partial charge < -0.3 is 14.4 Å². The van der Waals surface area contributed by atoms with Crippen molar-refractivity contribution in [3.05, 3.63) is 42.5 Å². The highest BCUT2D eigenvalue weighted by molar-refractivity contribution is 7.22. The van der Waals surface area contributed by atoms with Crippen molar-refractivity contribution in [1.29, 1.82) is 0 Å². The maximum Gasteiger partial charge on any atom is 0.251 e. The number of ether oxygens (including phenoxy) is 2. The molecular formula is C22H20N4O4S. The largest absolute Gasteiger partial charge is 0.454 e. The average Bonchev–Trinajstić information content (AvgIpc) is 3.50. The quantitative estimate of drug-likeness (QED) is 0.584. The molecule has 0 radical (unpaired) electrons. The molecule has 2 aromatic carbocycles. The Hall–Kier alpha value is -3.17. The molecule has 4 heterocycles. The number of imide groups is 1. The lowest BCUT2D eigenvalue weighted by atomic mass is 10.2. The third-order valence-electron chi connectivity index (χ3n) is 6.05. The number of carbonyl (C=O) groups excluding carboxylic acids is 2. The number of para-hydroxylation sites is 1. The smallest absolute Gasteiger partial charge is 0.251 e. The van der Waals surface area contributed by atoms with Crippen LogP contribution in [0.5, 0.6) is 11.5 Å². The van der Waals surface area contributed by atoms with Crippen LogP contribution < -0.4 is 19.3 Å². The van der Waals surface area contributed by atoms with Gasteiger partial charge in [-0.3, -0.25) is 14.5 Å². The molecule has 9 heteroatoms. The zero-order chi connectivity index (χ0) is 20.9. The molecule has 8 nitrogen and oxygen atoms in total. The van der Waals surface area contributed by atoms with E-state index in [0.29, 0.717) is 30.3 Å². The fraction of sp³-hybridized carbons (Fsp3) is 0.318. The topological polar surface area (TPSA) is 75.2 Å². The van der Waals surface area contributed by atoms with Gasteiger partial charge in [0.05, 0.1) is 28.4 Å². The van der Waals surface area contributed by atoms with Gasteiger partial charge in [-0.2, -0.15) is 0 Å². The van der Waals surface area contributed by atoms with Gasteiger partial charge >= 0.3 is 0 Å². The molecule has 0 bridgehead atoms. The number of hydrogen-bond donors (Lipinski definition) is 0. The van der Waals surface area contributed by atoms with Crippen LogP contribution in [0.1, 0.15) is 6.42 Å². The van der Waals surface area contributed by atoms with Gasteiger partial charge in [0, 0.05) is 32.2 Å². The maximum absolute atomic E-state index is 13.2. The monoisotopic (exact) mass is 436 g/mol. The number of piperazine rings is 1. The lowest BCUT2D eigenvalue weighted by Crippen LogP contribution is -2.52. The second-order valence-electron chi connectivity index (χ2n) is 7.81. The first-order valence-corrected chi connectivity index (χ1v) is 11.1. The summed E-state index contributed by atoms with van der Waals surface area (Å²) in [6, 6.07) is 12.9. The van der Waals surface area contributed by atoms with E-state index in [1.165, 1.54) is 9.60 Å². The first-order chi connectivity index (χ1) is 15.2. The number of thiazole rings is 1. The molecule has 31 heavy (non-hydrogen) atoms. The lowest BCUT2D eigenvalue weighted by Gasteiger charge is -2.36. The molecule has 2 fully saturated rings. The minimum Gasteiger partial charge on any atom is -0.454 e. The van der Waals surface area contributed by atoms with Crippen molar-refractivity contribution in [3.63, 3.8) is 0 Å². The minimum absolute atomic E-state index is 0.155. The zero-order valence-electron chi connectivity index (χ0n) is 16.7. The predicted octanol–water partition coefficient (Wildman–Crippen LogP) is 2.48. The number of carbonyl (C=O) groups is 2. The Kier molecular flexibility index (Phi) is 4.32. The van der Waals surface area contributed by atoms with Crippen LogP contribution in [-0.4, -0.2) is 60.7 Å². The van der Waals surface area contributed by atoms with Crippen molar-refractivity contribution in [2.45, 2.75) is 12.5 Å². The van der Waals surface area contributed by atoms with Gasteiger partial charge in [-0.05, 0) is 24.3 Å². The first kappa shape index (κ1) is 18.6. The number of fused-ring (bicyclic) bond motifs is 2. The molecule has 0 N–H and O–H groups in total. The Morgan fingerprint density at radius 2 is 1.77 bits per heavy atom. The van der Waals surface area contributed by atoms with E-state index in [1.807, 2.05) is 18.2 Å². The summed E-state index contributed by atoms with van der Waals surface area (Å²) < 4.78 is 11.9. The summed E-state index contributed by atoms with van der Waals surface area (Å²) in [7, 11) is 0. The molecule has 2 amide bonds. The van der Waals surface area contributed by atoms with E-state index < -0.39 is 6.04 Å². The first-order valence-electron chi connectivity index (χ1n) is 10.3. The molecule has 158 valence electrons. The highest BCUT2D eigenvalue weighted by Crippen LogP contribution is 2.37. The van der Waals surface area contributed by atoms with Crippen molar-refractivity contribution in [3.8, 4) is 11.5 Å². The summed E-state index contributed by atoms with van der Waals surface area (Å²) in [5.41, 5.74) is 1.55. The van der Waals surface area contributed by atoms with Gasteiger partial charge in [0.25, 0.3) is 5.91 Å². The molecule has 3 aromatic rings. The number of amides is 2. The normalized spacial score (nSPS) is 21.5. The van der Waals surface area contributed by atoms with Crippen LogP contribution in [0.3, 0.4) is 0 Å². The van der Waals surface area contributed by atoms with Gasteiger partial charge in [0.2, 0.25) is 12.7 Å². The number of rotatable bonds is 3. The van der Waals surface area contributed by atoms with Gasteiger partial charge in [0.1, 0.15) is 0 Å². The second-order valence-corrected chi connectivity index (χ2v) is 8.82. The second kappa shape index (κ2) is 7.21. The minimum atomic E-state index is -0.421. The highest BCUT2D eigenvalue weighted by Gasteiger charge is 2.43. The van der Waals surface area contributed by atoms with Crippen molar-refractivity contribution in [2.75, 3.05) is 42.8 Å².